The van der Waals surface area contributed by atoms with Gasteiger partial charge in [0.05, 0.1) is 25.2 Å². The first-order valence-corrected chi connectivity index (χ1v) is 8.01. The lowest BCUT2D eigenvalue weighted by molar-refractivity contribution is -0.178. The lowest BCUT2D eigenvalue weighted by Gasteiger charge is -2.45. The highest BCUT2D eigenvalue weighted by atomic mass is 19.2. The standard InChI is InChI=1S/C17H20F3NO3/c1-10-8-21(9-17(24-10)3-4-23-11(17)2)16(22)6-12-5-14(19)15(20)7-13(12)18/h5,7,10-11H,3-4,6,8-9H2,1-2H3/t10-,11+,17+/m1/s1. The van der Waals surface area contributed by atoms with Crippen LogP contribution in [-0.2, 0) is 20.7 Å². The number of halogens is 3. The Bertz CT molecular complexity index is 654. The van der Waals surface area contributed by atoms with E-state index in [1.807, 2.05) is 13.8 Å². The number of benzene rings is 1. The van der Waals surface area contributed by atoms with E-state index in [4.69, 9.17) is 9.47 Å². The number of nitrogens with zero attached hydrogens (tertiary/aromatic N) is 1. The molecule has 0 aliphatic carbocycles. The van der Waals surface area contributed by atoms with Gasteiger partial charge in [0, 0.05) is 31.2 Å². The second kappa shape index (κ2) is 6.37. The lowest BCUT2D eigenvalue weighted by atomic mass is 9.92. The van der Waals surface area contributed by atoms with Crippen LogP contribution in [0.3, 0.4) is 0 Å². The van der Waals surface area contributed by atoms with E-state index in [1.54, 1.807) is 4.90 Å². The van der Waals surface area contributed by atoms with Crippen LogP contribution in [-0.4, -0.2) is 48.3 Å². The van der Waals surface area contributed by atoms with Gasteiger partial charge in [-0.2, -0.15) is 0 Å². The maximum atomic E-state index is 13.8. The first-order valence-electron chi connectivity index (χ1n) is 8.01. The summed E-state index contributed by atoms with van der Waals surface area (Å²) in [6.45, 7) is 5.06. The number of rotatable bonds is 2. The summed E-state index contributed by atoms with van der Waals surface area (Å²) in [7, 11) is 0. The quantitative estimate of drug-likeness (QED) is 0.775. The summed E-state index contributed by atoms with van der Waals surface area (Å²) >= 11 is 0. The highest BCUT2D eigenvalue weighted by Crippen LogP contribution is 2.35. The molecule has 2 aliphatic rings. The fraction of sp³-hybridized carbons (Fsp3) is 0.588. The first kappa shape index (κ1) is 17.2. The van der Waals surface area contributed by atoms with Crippen molar-refractivity contribution >= 4 is 5.91 Å². The van der Waals surface area contributed by atoms with E-state index in [-0.39, 0.29) is 30.1 Å². The average Bonchev–Trinajstić information content (AvgIpc) is 2.84. The molecule has 4 nitrogen and oxygen atoms in total. The minimum atomic E-state index is -1.26. The predicted octanol–water partition coefficient (Wildman–Crippen LogP) is 2.44. The third-order valence-corrected chi connectivity index (χ3v) is 4.79. The van der Waals surface area contributed by atoms with Gasteiger partial charge in [-0.25, -0.2) is 13.2 Å². The van der Waals surface area contributed by atoms with Crippen LogP contribution >= 0.6 is 0 Å². The molecule has 2 saturated heterocycles. The van der Waals surface area contributed by atoms with Gasteiger partial charge in [0.2, 0.25) is 5.91 Å². The van der Waals surface area contributed by atoms with Gasteiger partial charge < -0.3 is 14.4 Å². The molecule has 3 rings (SSSR count). The van der Waals surface area contributed by atoms with Crippen LogP contribution in [0.1, 0.15) is 25.8 Å². The normalized spacial score (nSPS) is 30.1. The van der Waals surface area contributed by atoms with Crippen LogP contribution in [0.5, 0.6) is 0 Å². The summed E-state index contributed by atoms with van der Waals surface area (Å²) in [6, 6.07) is 1.21. The molecule has 2 aliphatic heterocycles. The number of carbonyl (C=O) groups is 1. The van der Waals surface area contributed by atoms with Gasteiger partial charge in [0.1, 0.15) is 11.4 Å². The lowest BCUT2D eigenvalue weighted by Crippen LogP contribution is -2.59. The molecule has 1 aromatic carbocycles. The molecule has 1 spiro atoms. The van der Waals surface area contributed by atoms with Crippen LogP contribution in [0.15, 0.2) is 12.1 Å². The van der Waals surface area contributed by atoms with E-state index >= 15 is 0 Å². The van der Waals surface area contributed by atoms with Crippen molar-refractivity contribution in [3.05, 3.63) is 35.1 Å². The highest BCUT2D eigenvalue weighted by molar-refractivity contribution is 5.79. The van der Waals surface area contributed by atoms with E-state index in [9.17, 15) is 18.0 Å². The van der Waals surface area contributed by atoms with Crippen molar-refractivity contribution in [1.29, 1.82) is 0 Å². The second-order valence-electron chi connectivity index (χ2n) is 6.57. The number of carbonyl (C=O) groups excluding carboxylic acids is 1. The fourth-order valence-electron chi connectivity index (χ4n) is 3.46. The van der Waals surface area contributed by atoms with Gasteiger partial charge in [0.25, 0.3) is 0 Å². The largest absolute Gasteiger partial charge is 0.375 e. The van der Waals surface area contributed by atoms with Crippen LogP contribution in [0, 0.1) is 17.5 Å². The summed E-state index contributed by atoms with van der Waals surface area (Å²) in [6.07, 6.45) is 0.0419. The molecule has 24 heavy (non-hydrogen) atoms. The van der Waals surface area contributed by atoms with E-state index in [2.05, 4.69) is 0 Å². The van der Waals surface area contributed by atoms with E-state index < -0.39 is 23.1 Å². The number of hydrogen-bond donors (Lipinski definition) is 0. The molecule has 0 aromatic heterocycles. The van der Waals surface area contributed by atoms with E-state index in [1.165, 1.54) is 0 Å². The summed E-state index contributed by atoms with van der Waals surface area (Å²) in [5.41, 5.74) is -0.706. The molecule has 2 fully saturated rings. The third-order valence-electron chi connectivity index (χ3n) is 4.79. The maximum absolute atomic E-state index is 13.8. The molecule has 1 aromatic rings. The Hall–Kier alpha value is -1.60. The highest BCUT2D eigenvalue weighted by Gasteiger charge is 2.48. The van der Waals surface area contributed by atoms with Crippen molar-refractivity contribution < 1.29 is 27.4 Å². The van der Waals surface area contributed by atoms with Crippen molar-refractivity contribution in [2.24, 2.45) is 0 Å². The molecule has 132 valence electrons. The number of hydrogen-bond acceptors (Lipinski definition) is 3. The molecule has 3 atom stereocenters. The number of morpholine rings is 1. The van der Waals surface area contributed by atoms with Gasteiger partial charge in [-0.1, -0.05) is 0 Å². The smallest absolute Gasteiger partial charge is 0.227 e. The third kappa shape index (κ3) is 3.15. The van der Waals surface area contributed by atoms with Gasteiger partial charge in [-0.3, -0.25) is 4.79 Å². The minimum Gasteiger partial charge on any atom is -0.375 e. The summed E-state index contributed by atoms with van der Waals surface area (Å²) in [5, 5.41) is 0. The van der Waals surface area contributed by atoms with Crippen molar-refractivity contribution in [3.63, 3.8) is 0 Å². The van der Waals surface area contributed by atoms with Gasteiger partial charge in [-0.05, 0) is 19.9 Å². The van der Waals surface area contributed by atoms with Gasteiger partial charge in [-0.15, -0.1) is 0 Å². The Balaban J connectivity index is 1.76. The average molecular weight is 343 g/mol. The molecule has 0 radical (unpaired) electrons. The topological polar surface area (TPSA) is 38.8 Å². The van der Waals surface area contributed by atoms with Gasteiger partial charge in [0.15, 0.2) is 11.6 Å². The fourth-order valence-corrected chi connectivity index (χ4v) is 3.46. The summed E-state index contributed by atoms with van der Waals surface area (Å²) < 4.78 is 51.7. The van der Waals surface area contributed by atoms with Crippen LogP contribution < -0.4 is 0 Å². The molecule has 0 N–H and O–H groups in total. The molecule has 7 heteroatoms. The summed E-state index contributed by atoms with van der Waals surface area (Å²) in [4.78, 5) is 14.2. The summed E-state index contributed by atoms with van der Waals surface area (Å²) in [5.74, 6) is -3.69. The van der Waals surface area contributed by atoms with E-state index in [0.29, 0.717) is 32.2 Å². The van der Waals surface area contributed by atoms with Crippen molar-refractivity contribution in [3.8, 4) is 0 Å². The Morgan fingerprint density at radius 1 is 1.25 bits per heavy atom. The van der Waals surface area contributed by atoms with Gasteiger partial charge >= 0.3 is 0 Å². The molecule has 0 saturated carbocycles. The molecular weight excluding hydrogens is 323 g/mol. The zero-order valence-electron chi connectivity index (χ0n) is 13.7. The molecule has 0 unspecified atom stereocenters. The minimum absolute atomic E-state index is 0.143. The van der Waals surface area contributed by atoms with E-state index in [0.717, 1.165) is 6.07 Å². The van der Waals surface area contributed by atoms with Crippen molar-refractivity contribution in [1.82, 2.24) is 4.90 Å². The van der Waals surface area contributed by atoms with Crippen molar-refractivity contribution in [2.75, 3.05) is 19.7 Å². The molecule has 2 heterocycles. The van der Waals surface area contributed by atoms with Crippen molar-refractivity contribution in [2.45, 2.75) is 44.5 Å². The molecular formula is C17H20F3NO3. The Morgan fingerprint density at radius 3 is 2.62 bits per heavy atom. The second-order valence-corrected chi connectivity index (χ2v) is 6.57. The van der Waals surface area contributed by atoms with Crippen LogP contribution in [0.25, 0.3) is 0 Å². The predicted molar refractivity (Wildman–Crippen MR) is 79.9 cm³/mol. The first-order chi connectivity index (χ1) is 11.3. The molecule has 1 amide bonds. The number of amides is 1. The monoisotopic (exact) mass is 343 g/mol. The van der Waals surface area contributed by atoms with Crippen LogP contribution in [0.2, 0.25) is 0 Å². The maximum Gasteiger partial charge on any atom is 0.227 e. The zero-order chi connectivity index (χ0) is 17.5. The molecule has 0 bridgehead atoms. The van der Waals surface area contributed by atoms with Crippen LogP contribution in [0.4, 0.5) is 13.2 Å². The Labute approximate surface area is 138 Å². The zero-order valence-corrected chi connectivity index (χ0v) is 13.7. The number of ether oxygens (including phenoxy) is 2. The SMILES string of the molecule is C[C@@H]1CN(C(=O)Cc2cc(F)c(F)cc2F)C[C@]2(CCO[C@H]2C)O1. The Morgan fingerprint density at radius 2 is 1.96 bits per heavy atom. The Kier molecular flexibility index (Phi) is 4.57.